The van der Waals surface area contributed by atoms with Crippen LogP contribution in [0.1, 0.15) is 24.1 Å². The average molecular weight is 326 g/mol. The van der Waals surface area contributed by atoms with E-state index in [1.807, 2.05) is 0 Å². The first-order valence-electron chi connectivity index (χ1n) is 6.36. The fourth-order valence-electron chi connectivity index (χ4n) is 1.87. The van der Waals surface area contributed by atoms with Gasteiger partial charge in [0.15, 0.2) is 5.03 Å². The number of rotatable bonds is 5. The summed E-state index contributed by atoms with van der Waals surface area (Å²) in [4.78, 5) is 3.93. The van der Waals surface area contributed by atoms with Crippen LogP contribution >= 0.6 is 11.6 Å². The van der Waals surface area contributed by atoms with Gasteiger partial charge in [-0.3, -0.25) is 0 Å². The van der Waals surface area contributed by atoms with Crippen molar-refractivity contribution in [1.82, 2.24) is 9.71 Å². The number of aromatic nitrogens is 1. The second-order valence-electron chi connectivity index (χ2n) is 4.57. The van der Waals surface area contributed by atoms with Crippen LogP contribution < -0.4 is 10.5 Å². The molecule has 21 heavy (non-hydrogen) atoms. The molecule has 112 valence electrons. The highest BCUT2D eigenvalue weighted by Gasteiger charge is 2.20. The molecule has 5 nitrogen and oxygen atoms in total. The zero-order chi connectivity index (χ0) is 15.5. The molecule has 1 unspecified atom stereocenters. The normalized spacial score (nSPS) is 13.1. The van der Waals surface area contributed by atoms with Gasteiger partial charge in [-0.25, -0.2) is 18.1 Å². The first-order valence-corrected chi connectivity index (χ1v) is 8.22. The minimum Gasteiger partial charge on any atom is -0.326 e. The molecular formula is C14H16ClN3O2S. The van der Waals surface area contributed by atoms with E-state index in [0.717, 1.165) is 5.56 Å². The van der Waals surface area contributed by atoms with Crippen LogP contribution in [0.15, 0.2) is 47.6 Å². The number of nitrogens with one attached hydrogen (secondary N) is 1. The van der Waals surface area contributed by atoms with E-state index < -0.39 is 16.1 Å². The van der Waals surface area contributed by atoms with Crippen molar-refractivity contribution < 1.29 is 8.42 Å². The number of pyridine rings is 1. The van der Waals surface area contributed by atoms with E-state index in [1.165, 1.54) is 12.3 Å². The van der Waals surface area contributed by atoms with E-state index in [9.17, 15) is 8.42 Å². The lowest BCUT2D eigenvalue weighted by atomic mass is 10.1. The molecule has 1 heterocycles. The number of hydrogen-bond donors (Lipinski definition) is 2. The van der Waals surface area contributed by atoms with E-state index in [-0.39, 0.29) is 5.03 Å². The van der Waals surface area contributed by atoms with Gasteiger partial charge in [0.25, 0.3) is 10.0 Å². The summed E-state index contributed by atoms with van der Waals surface area (Å²) in [7, 11) is -3.71. The molecule has 3 N–H and O–H groups in total. The number of benzene rings is 1. The lowest BCUT2D eigenvalue weighted by molar-refractivity contribution is 0.563. The van der Waals surface area contributed by atoms with E-state index in [1.54, 1.807) is 37.3 Å². The molecule has 0 aliphatic carbocycles. The predicted octanol–water partition coefficient (Wildman–Crippen LogP) is 2.23. The highest BCUT2D eigenvalue weighted by atomic mass is 35.5. The molecule has 2 aromatic rings. The third-order valence-corrected chi connectivity index (χ3v) is 4.81. The number of halogens is 1. The van der Waals surface area contributed by atoms with Crippen molar-refractivity contribution in [3.05, 3.63) is 58.7 Å². The Kier molecular flexibility index (Phi) is 4.95. The summed E-state index contributed by atoms with van der Waals surface area (Å²) < 4.78 is 27.1. The van der Waals surface area contributed by atoms with Crippen LogP contribution in [0.4, 0.5) is 0 Å². The summed E-state index contributed by atoms with van der Waals surface area (Å²) in [6.07, 6.45) is 1.45. The quantitative estimate of drug-likeness (QED) is 0.882. The first kappa shape index (κ1) is 15.9. The minimum absolute atomic E-state index is 0.0430. The molecule has 7 heteroatoms. The molecule has 0 radical (unpaired) electrons. The maximum Gasteiger partial charge on any atom is 0.258 e. The van der Waals surface area contributed by atoms with E-state index >= 15 is 0 Å². The monoisotopic (exact) mass is 325 g/mol. The van der Waals surface area contributed by atoms with Crippen LogP contribution in [0.5, 0.6) is 0 Å². The second-order valence-corrected chi connectivity index (χ2v) is 6.64. The lowest BCUT2D eigenvalue weighted by Gasteiger charge is -2.15. The van der Waals surface area contributed by atoms with Gasteiger partial charge in [0, 0.05) is 23.8 Å². The van der Waals surface area contributed by atoms with Gasteiger partial charge in [-0.15, -0.1) is 0 Å². The summed E-state index contributed by atoms with van der Waals surface area (Å²) in [6.45, 7) is 2.05. The number of sulfonamides is 1. The summed E-state index contributed by atoms with van der Waals surface area (Å²) in [6, 6.07) is 9.71. The summed E-state index contributed by atoms with van der Waals surface area (Å²) in [5.74, 6) is 0. The number of nitrogens with zero attached hydrogens (tertiary/aromatic N) is 1. The molecule has 0 saturated heterocycles. The Morgan fingerprint density at radius 3 is 2.57 bits per heavy atom. The number of hydrogen-bond acceptors (Lipinski definition) is 4. The zero-order valence-corrected chi connectivity index (χ0v) is 13.0. The van der Waals surface area contributed by atoms with Crippen LogP contribution in [0.3, 0.4) is 0 Å². The Balaban J connectivity index is 2.22. The summed E-state index contributed by atoms with van der Waals surface area (Å²) >= 11 is 6.07. The highest BCUT2D eigenvalue weighted by molar-refractivity contribution is 7.89. The standard InChI is InChI=1S/C14H16ClN3O2S/c1-10(12-4-2-3-5-13(12)15)18-21(19,20)14-7-6-11(8-16)9-17-14/h2-7,9-10,18H,8,16H2,1H3. The molecule has 1 aromatic carbocycles. The molecule has 1 aromatic heterocycles. The maximum atomic E-state index is 12.3. The van der Waals surface area contributed by atoms with Crippen molar-refractivity contribution in [3.8, 4) is 0 Å². The van der Waals surface area contributed by atoms with Crippen molar-refractivity contribution in [2.24, 2.45) is 5.73 Å². The van der Waals surface area contributed by atoms with Gasteiger partial charge in [0.2, 0.25) is 0 Å². The first-order chi connectivity index (χ1) is 9.94. The Hall–Kier alpha value is -1.47. The SMILES string of the molecule is CC(NS(=O)(=O)c1ccc(CN)cn1)c1ccccc1Cl. The van der Waals surface area contributed by atoms with E-state index in [0.29, 0.717) is 17.1 Å². The minimum atomic E-state index is -3.71. The maximum absolute atomic E-state index is 12.3. The second kappa shape index (κ2) is 6.53. The topological polar surface area (TPSA) is 85.1 Å². The molecular weight excluding hydrogens is 310 g/mol. The van der Waals surface area contributed by atoms with E-state index in [2.05, 4.69) is 9.71 Å². The molecule has 0 saturated carbocycles. The van der Waals surface area contributed by atoms with Crippen molar-refractivity contribution in [2.75, 3.05) is 0 Å². The van der Waals surface area contributed by atoms with Crippen LogP contribution in [-0.2, 0) is 16.6 Å². The van der Waals surface area contributed by atoms with Gasteiger partial charge in [-0.05, 0) is 30.2 Å². The third kappa shape index (κ3) is 3.79. The van der Waals surface area contributed by atoms with Crippen LogP contribution in [-0.4, -0.2) is 13.4 Å². The fraction of sp³-hybridized carbons (Fsp3) is 0.214. The van der Waals surface area contributed by atoms with Crippen molar-refractivity contribution in [1.29, 1.82) is 0 Å². The molecule has 0 amide bonds. The van der Waals surface area contributed by atoms with Crippen molar-refractivity contribution >= 4 is 21.6 Å². The van der Waals surface area contributed by atoms with Gasteiger partial charge >= 0.3 is 0 Å². The van der Waals surface area contributed by atoms with Gasteiger partial charge in [0.1, 0.15) is 0 Å². The van der Waals surface area contributed by atoms with Gasteiger partial charge < -0.3 is 5.73 Å². The lowest BCUT2D eigenvalue weighted by Crippen LogP contribution is -2.27. The zero-order valence-electron chi connectivity index (χ0n) is 11.5. The molecule has 0 spiro atoms. The van der Waals surface area contributed by atoms with Gasteiger partial charge in [0.05, 0.1) is 0 Å². The summed E-state index contributed by atoms with van der Waals surface area (Å²) in [5.41, 5.74) is 6.94. The predicted molar refractivity (Wildman–Crippen MR) is 82.3 cm³/mol. The molecule has 2 rings (SSSR count). The molecule has 0 aliphatic heterocycles. The average Bonchev–Trinajstić information content (AvgIpc) is 2.47. The van der Waals surface area contributed by atoms with E-state index in [4.69, 9.17) is 17.3 Å². The van der Waals surface area contributed by atoms with Gasteiger partial charge in [-0.2, -0.15) is 0 Å². The van der Waals surface area contributed by atoms with Crippen molar-refractivity contribution in [2.45, 2.75) is 24.5 Å². The Morgan fingerprint density at radius 1 is 1.29 bits per heavy atom. The van der Waals surface area contributed by atoms with Crippen LogP contribution in [0.25, 0.3) is 0 Å². The highest BCUT2D eigenvalue weighted by Crippen LogP contribution is 2.23. The third-order valence-electron chi connectivity index (χ3n) is 3.01. The van der Waals surface area contributed by atoms with Crippen LogP contribution in [0, 0.1) is 0 Å². The summed E-state index contributed by atoms with van der Waals surface area (Å²) in [5, 5.41) is 0.470. The fourth-order valence-corrected chi connectivity index (χ4v) is 3.32. The Morgan fingerprint density at radius 2 is 2.00 bits per heavy atom. The molecule has 1 atom stereocenters. The van der Waals surface area contributed by atoms with Gasteiger partial charge in [-0.1, -0.05) is 35.9 Å². The Bertz CT molecular complexity index is 717. The molecule has 0 fully saturated rings. The largest absolute Gasteiger partial charge is 0.326 e. The smallest absolute Gasteiger partial charge is 0.258 e. The Labute approximate surface area is 129 Å². The number of nitrogens with two attached hydrogens (primary N) is 1. The molecule has 0 aliphatic rings. The van der Waals surface area contributed by atoms with Crippen LogP contribution in [0.2, 0.25) is 5.02 Å². The molecule has 0 bridgehead atoms. The van der Waals surface area contributed by atoms with Crippen molar-refractivity contribution in [3.63, 3.8) is 0 Å².